The summed E-state index contributed by atoms with van der Waals surface area (Å²) in [5.74, 6) is 1.44. The van der Waals surface area contributed by atoms with Crippen molar-refractivity contribution in [2.75, 3.05) is 19.5 Å². The Morgan fingerprint density at radius 2 is 1.64 bits per heavy atom. The van der Waals surface area contributed by atoms with Crippen molar-refractivity contribution < 1.29 is 14.6 Å². The number of ether oxygens (including phenoxy) is 2. The number of nitrogens with one attached hydrogen (secondary N) is 1. The van der Waals surface area contributed by atoms with Gasteiger partial charge in [0.05, 0.1) is 31.9 Å². The Bertz CT molecular complexity index is 815. The first-order valence-electron chi connectivity index (χ1n) is 8.38. The van der Waals surface area contributed by atoms with Crippen molar-refractivity contribution in [3.63, 3.8) is 0 Å². The molecule has 4 nitrogen and oxygen atoms in total. The molecule has 0 radical (unpaired) electrons. The van der Waals surface area contributed by atoms with E-state index >= 15 is 0 Å². The van der Waals surface area contributed by atoms with E-state index in [4.69, 9.17) is 9.47 Å². The zero-order chi connectivity index (χ0) is 18.2. The highest BCUT2D eigenvalue weighted by atomic mass is 16.5. The number of hydrogen-bond donors (Lipinski definition) is 2. The summed E-state index contributed by atoms with van der Waals surface area (Å²) in [4.78, 5) is 0. The van der Waals surface area contributed by atoms with Gasteiger partial charge < -0.3 is 19.9 Å². The third-order valence-corrected chi connectivity index (χ3v) is 4.60. The molecule has 0 amide bonds. The number of hydrogen-bond acceptors (Lipinski definition) is 4. The van der Waals surface area contributed by atoms with E-state index in [2.05, 4.69) is 38.2 Å². The highest BCUT2D eigenvalue weighted by molar-refractivity contribution is 5.89. The highest BCUT2D eigenvalue weighted by Crippen LogP contribution is 2.45. The third-order valence-electron chi connectivity index (χ3n) is 4.60. The first kappa shape index (κ1) is 17.4. The molecule has 1 aliphatic rings. The molecule has 0 aliphatic carbocycles. The van der Waals surface area contributed by atoms with Crippen LogP contribution in [-0.2, 0) is 6.61 Å². The molecular formula is C21H25NO3. The summed E-state index contributed by atoms with van der Waals surface area (Å²) in [5.41, 5.74) is 5.77. The summed E-state index contributed by atoms with van der Waals surface area (Å²) < 4.78 is 11.1. The molecule has 1 heterocycles. The van der Waals surface area contributed by atoms with Gasteiger partial charge in [-0.3, -0.25) is 0 Å². The van der Waals surface area contributed by atoms with E-state index in [9.17, 15) is 5.11 Å². The van der Waals surface area contributed by atoms with Crippen LogP contribution >= 0.6 is 0 Å². The molecule has 2 N–H and O–H groups in total. The smallest absolute Gasteiger partial charge is 0.130 e. The van der Waals surface area contributed by atoms with E-state index in [0.29, 0.717) is 0 Å². The Balaban J connectivity index is 2.30. The lowest BCUT2D eigenvalue weighted by Gasteiger charge is -2.33. The van der Waals surface area contributed by atoms with Gasteiger partial charge in [0.2, 0.25) is 0 Å². The maximum Gasteiger partial charge on any atom is 0.130 e. The summed E-state index contributed by atoms with van der Waals surface area (Å²) in [5, 5.41) is 13.7. The SMILES string of the molecule is COc1cccc(OC)c1-c1ccc2c(c1CO)C(C)=CC(C)(C)N2. The average Bonchev–Trinajstić information content (AvgIpc) is 2.58. The second-order valence-electron chi connectivity index (χ2n) is 6.88. The van der Waals surface area contributed by atoms with Gasteiger partial charge in [-0.25, -0.2) is 0 Å². The number of benzene rings is 2. The minimum Gasteiger partial charge on any atom is -0.496 e. The summed E-state index contributed by atoms with van der Waals surface area (Å²) in [7, 11) is 3.29. The summed E-state index contributed by atoms with van der Waals surface area (Å²) in [6, 6.07) is 9.79. The van der Waals surface area contributed by atoms with Crippen LogP contribution < -0.4 is 14.8 Å². The Morgan fingerprint density at radius 3 is 2.20 bits per heavy atom. The van der Waals surface area contributed by atoms with Crippen LogP contribution in [0.5, 0.6) is 11.5 Å². The second-order valence-corrected chi connectivity index (χ2v) is 6.88. The molecular weight excluding hydrogens is 314 g/mol. The van der Waals surface area contributed by atoms with Crippen molar-refractivity contribution in [2.24, 2.45) is 0 Å². The molecule has 2 aromatic rings. The van der Waals surface area contributed by atoms with Crippen LogP contribution in [0.1, 0.15) is 31.9 Å². The maximum atomic E-state index is 10.2. The number of anilines is 1. The van der Waals surface area contributed by atoms with Crippen molar-refractivity contribution in [3.05, 3.63) is 47.5 Å². The summed E-state index contributed by atoms with van der Waals surface area (Å²) in [6.45, 7) is 6.29. The minimum absolute atomic E-state index is 0.0625. The highest BCUT2D eigenvalue weighted by Gasteiger charge is 2.27. The molecule has 0 bridgehead atoms. The van der Waals surface area contributed by atoms with Gasteiger partial charge in [-0.05, 0) is 55.7 Å². The number of fused-ring (bicyclic) bond motifs is 1. The van der Waals surface area contributed by atoms with Crippen LogP contribution in [0.2, 0.25) is 0 Å². The Morgan fingerprint density at radius 1 is 1.00 bits per heavy atom. The molecule has 0 saturated carbocycles. The lowest BCUT2D eigenvalue weighted by atomic mass is 9.85. The molecule has 4 heteroatoms. The van der Waals surface area contributed by atoms with Crippen LogP contribution in [0, 0.1) is 0 Å². The molecule has 0 aromatic heterocycles. The number of rotatable bonds is 4. The van der Waals surface area contributed by atoms with Crippen LogP contribution in [-0.4, -0.2) is 24.9 Å². The molecule has 0 spiro atoms. The van der Waals surface area contributed by atoms with E-state index in [1.54, 1.807) is 14.2 Å². The zero-order valence-electron chi connectivity index (χ0n) is 15.4. The molecule has 132 valence electrons. The molecule has 25 heavy (non-hydrogen) atoms. The monoisotopic (exact) mass is 339 g/mol. The van der Waals surface area contributed by atoms with E-state index in [0.717, 1.165) is 45.0 Å². The van der Waals surface area contributed by atoms with E-state index in [1.807, 2.05) is 24.3 Å². The fraction of sp³-hybridized carbons (Fsp3) is 0.333. The predicted octanol–water partition coefficient (Wildman–Crippen LogP) is 4.47. The molecule has 1 aliphatic heterocycles. The van der Waals surface area contributed by atoms with Gasteiger partial charge >= 0.3 is 0 Å². The third kappa shape index (κ3) is 2.98. The Hall–Kier alpha value is -2.46. The van der Waals surface area contributed by atoms with Crippen molar-refractivity contribution in [2.45, 2.75) is 32.9 Å². The van der Waals surface area contributed by atoms with Crippen molar-refractivity contribution in [1.82, 2.24) is 0 Å². The lowest BCUT2D eigenvalue weighted by Crippen LogP contribution is -2.31. The van der Waals surface area contributed by atoms with Gasteiger partial charge in [-0.2, -0.15) is 0 Å². The normalized spacial score (nSPS) is 15.0. The molecule has 0 saturated heterocycles. The van der Waals surface area contributed by atoms with Crippen molar-refractivity contribution in [3.8, 4) is 22.6 Å². The minimum atomic E-state index is -0.118. The predicted molar refractivity (Wildman–Crippen MR) is 102 cm³/mol. The Kier molecular flexibility index (Phi) is 4.48. The van der Waals surface area contributed by atoms with E-state index in [-0.39, 0.29) is 12.1 Å². The fourth-order valence-corrected chi connectivity index (χ4v) is 3.71. The molecule has 2 aromatic carbocycles. The van der Waals surface area contributed by atoms with Gasteiger partial charge in [0.1, 0.15) is 11.5 Å². The first-order valence-corrected chi connectivity index (χ1v) is 8.38. The quantitative estimate of drug-likeness (QED) is 0.863. The number of methoxy groups -OCH3 is 2. The van der Waals surface area contributed by atoms with Crippen molar-refractivity contribution in [1.29, 1.82) is 0 Å². The largest absolute Gasteiger partial charge is 0.496 e. The van der Waals surface area contributed by atoms with Gasteiger partial charge in [-0.1, -0.05) is 18.2 Å². The summed E-state index contributed by atoms with van der Waals surface area (Å²) in [6.07, 6.45) is 2.19. The molecule has 3 rings (SSSR count). The van der Waals surface area contributed by atoms with Crippen molar-refractivity contribution >= 4 is 11.3 Å². The number of aliphatic hydroxyl groups excluding tert-OH is 1. The molecule has 0 unspecified atom stereocenters. The van der Waals surface area contributed by atoms with E-state index < -0.39 is 0 Å². The van der Waals surface area contributed by atoms with E-state index in [1.165, 1.54) is 0 Å². The summed E-state index contributed by atoms with van der Waals surface area (Å²) >= 11 is 0. The first-order chi connectivity index (χ1) is 11.9. The second kappa shape index (κ2) is 6.45. The van der Waals surface area contributed by atoms with Gasteiger partial charge in [0.15, 0.2) is 0 Å². The number of aliphatic hydroxyl groups is 1. The van der Waals surface area contributed by atoms with Gasteiger partial charge in [-0.15, -0.1) is 0 Å². The Labute approximate surface area is 149 Å². The zero-order valence-corrected chi connectivity index (χ0v) is 15.4. The van der Waals surface area contributed by atoms with Crippen LogP contribution in [0.3, 0.4) is 0 Å². The number of allylic oxidation sites excluding steroid dienone is 1. The lowest BCUT2D eigenvalue weighted by molar-refractivity contribution is 0.282. The van der Waals surface area contributed by atoms with Crippen LogP contribution in [0.15, 0.2) is 36.4 Å². The molecule has 0 fully saturated rings. The van der Waals surface area contributed by atoms with Gasteiger partial charge in [0, 0.05) is 11.3 Å². The van der Waals surface area contributed by atoms with Crippen LogP contribution in [0.4, 0.5) is 5.69 Å². The standard InChI is InChI=1S/C21H25NO3/c1-13-11-21(2,3)22-16-10-9-14(15(12-23)19(13)16)20-17(24-4)7-6-8-18(20)25-5/h6-11,22-23H,12H2,1-5H3. The maximum absolute atomic E-state index is 10.2. The van der Waals surface area contributed by atoms with Crippen LogP contribution in [0.25, 0.3) is 16.7 Å². The average molecular weight is 339 g/mol. The topological polar surface area (TPSA) is 50.7 Å². The van der Waals surface area contributed by atoms with Gasteiger partial charge in [0.25, 0.3) is 0 Å². The molecule has 0 atom stereocenters. The fourth-order valence-electron chi connectivity index (χ4n) is 3.71.